The Labute approximate surface area is 226 Å². The van der Waals surface area contributed by atoms with Crippen LogP contribution in [-0.4, -0.2) is 43.8 Å². The van der Waals surface area contributed by atoms with E-state index in [1.807, 2.05) is 30.3 Å². The third-order valence-corrected chi connectivity index (χ3v) is 8.79. The highest BCUT2D eigenvalue weighted by molar-refractivity contribution is 7.89. The molecule has 2 N–H and O–H groups in total. The first-order valence-corrected chi connectivity index (χ1v) is 15.2. The van der Waals surface area contributed by atoms with Crippen LogP contribution in [0.1, 0.15) is 69.4 Å². The first-order chi connectivity index (χ1) is 18.3. The first kappa shape index (κ1) is 28.0. The van der Waals surface area contributed by atoms with Gasteiger partial charge in [0, 0.05) is 25.6 Å². The Bertz CT molecular complexity index is 1220. The Morgan fingerprint density at radius 2 is 1.71 bits per heavy atom. The van der Waals surface area contributed by atoms with E-state index in [-0.39, 0.29) is 29.2 Å². The quantitative estimate of drug-likeness (QED) is 0.368. The number of benzene rings is 2. The van der Waals surface area contributed by atoms with Crippen molar-refractivity contribution in [1.82, 2.24) is 14.9 Å². The van der Waals surface area contributed by atoms with E-state index >= 15 is 0 Å². The van der Waals surface area contributed by atoms with Crippen LogP contribution in [0.2, 0.25) is 0 Å². The summed E-state index contributed by atoms with van der Waals surface area (Å²) < 4.78 is 27.5. The number of allylic oxidation sites excluding steroid dienone is 1. The van der Waals surface area contributed by atoms with E-state index in [1.54, 1.807) is 36.1 Å². The van der Waals surface area contributed by atoms with Crippen LogP contribution in [0.15, 0.2) is 71.1 Å². The Morgan fingerprint density at radius 1 is 0.974 bits per heavy atom. The van der Waals surface area contributed by atoms with Crippen LogP contribution in [0.3, 0.4) is 0 Å². The van der Waals surface area contributed by atoms with Crippen molar-refractivity contribution in [3.8, 4) is 0 Å². The van der Waals surface area contributed by atoms with Crippen molar-refractivity contribution in [2.45, 2.75) is 88.2 Å². The molecule has 0 aromatic heterocycles. The van der Waals surface area contributed by atoms with Gasteiger partial charge in [0.15, 0.2) is 0 Å². The van der Waals surface area contributed by atoms with Crippen LogP contribution >= 0.6 is 0 Å². The number of carbonyl (C=O) groups is 2. The summed E-state index contributed by atoms with van der Waals surface area (Å²) in [4.78, 5) is 28.3. The summed E-state index contributed by atoms with van der Waals surface area (Å²) in [6.45, 7) is 2.71. The molecule has 2 aliphatic carbocycles. The van der Waals surface area contributed by atoms with Crippen LogP contribution in [-0.2, 0) is 32.6 Å². The number of aryl methyl sites for hydroxylation is 1. The van der Waals surface area contributed by atoms with E-state index in [2.05, 4.69) is 16.1 Å². The van der Waals surface area contributed by atoms with Gasteiger partial charge in [-0.05, 0) is 81.5 Å². The van der Waals surface area contributed by atoms with Crippen LogP contribution in [0.4, 0.5) is 0 Å². The van der Waals surface area contributed by atoms with Crippen molar-refractivity contribution in [3.63, 3.8) is 0 Å². The molecule has 204 valence electrons. The SMILES string of the molecule is CC(C(=O)NCCC1=CCCCC1)N(Cc1ccccc1)C(=O)CCc1ccc(S(=O)(=O)NC2CC2)cc1. The largest absolute Gasteiger partial charge is 0.354 e. The normalized spacial score (nSPS) is 16.4. The average molecular weight is 538 g/mol. The fourth-order valence-corrected chi connectivity index (χ4v) is 6.01. The smallest absolute Gasteiger partial charge is 0.242 e. The third kappa shape index (κ3) is 8.27. The van der Waals surface area contributed by atoms with E-state index in [0.29, 0.717) is 19.5 Å². The van der Waals surface area contributed by atoms with Crippen LogP contribution < -0.4 is 10.0 Å². The zero-order valence-electron chi connectivity index (χ0n) is 22.2. The summed E-state index contributed by atoms with van der Waals surface area (Å²) in [6.07, 6.45) is 10.3. The van der Waals surface area contributed by atoms with Crippen molar-refractivity contribution in [2.75, 3.05) is 6.54 Å². The molecule has 8 heteroatoms. The molecule has 38 heavy (non-hydrogen) atoms. The topological polar surface area (TPSA) is 95.6 Å². The number of carbonyl (C=O) groups excluding carboxylic acids is 2. The maximum Gasteiger partial charge on any atom is 0.242 e. The molecule has 7 nitrogen and oxygen atoms in total. The van der Waals surface area contributed by atoms with Gasteiger partial charge in [0.1, 0.15) is 6.04 Å². The molecule has 0 bridgehead atoms. The Hall–Kier alpha value is -2.97. The Morgan fingerprint density at radius 3 is 2.37 bits per heavy atom. The molecular weight excluding hydrogens is 498 g/mol. The lowest BCUT2D eigenvalue weighted by Gasteiger charge is -2.29. The number of hydrogen-bond donors (Lipinski definition) is 2. The van der Waals surface area contributed by atoms with Gasteiger partial charge in [-0.2, -0.15) is 0 Å². The summed E-state index contributed by atoms with van der Waals surface area (Å²) in [5, 5.41) is 3.03. The van der Waals surface area contributed by atoms with Crippen molar-refractivity contribution in [3.05, 3.63) is 77.4 Å². The lowest BCUT2D eigenvalue weighted by Crippen LogP contribution is -2.47. The molecule has 2 aliphatic rings. The summed E-state index contributed by atoms with van der Waals surface area (Å²) in [5.41, 5.74) is 3.25. The van der Waals surface area contributed by atoms with E-state index in [4.69, 9.17) is 0 Å². The van der Waals surface area contributed by atoms with Crippen LogP contribution in [0.25, 0.3) is 0 Å². The molecule has 0 aliphatic heterocycles. The predicted octanol–water partition coefficient (Wildman–Crippen LogP) is 4.48. The van der Waals surface area contributed by atoms with Gasteiger partial charge in [-0.1, -0.05) is 54.1 Å². The molecule has 0 heterocycles. The van der Waals surface area contributed by atoms with Gasteiger partial charge in [0.2, 0.25) is 21.8 Å². The molecule has 0 saturated heterocycles. The van der Waals surface area contributed by atoms with Gasteiger partial charge in [-0.3, -0.25) is 9.59 Å². The lowest BCUT2D eigenvalue weighted by atomic mass is 9.97. The number of sulfonamides is 1. The molecule has 1 unspecified atom stereocenters. The van der Waals surface area contributed by atoms with Gasteiger partial charge in [-0.25, -0.2) is 13.1 Å². The molecule has 1 saturated carbocycles. The maximum atomic E-state index is 13.4. The number of hydrogen-bond acceptors (Lipinski definition) is 4. The molecule has 0 radical (unpaired) electrons. The zero-order valence-corrected chi connectivity index (χ0v) is 23.0. The summed E-state index contributed by atoms with van der Waals surface area (Å²) in [7, 11) is -3.50. The second kappa shape index (κ2) is 13.2. The first-order valence-electron chi connectivity index (χ1n) is 13.7. The maximum absolute atomic E-state index is 13.4. The van der Waals surface area contributed by atoms with Crippen molar-refractivity contribution in [2.24, 2.45) is 0 Å². The zero-order chi connectivity index (χ0) is 27.0. The Balaban J connectivity index is 1.35. The number of nitrogens with zero attached hydrogens (tertiary/aromatic N) is 1. The minimum absolute atomic E-state index is 0.0523. The second-order valence-corrected chi connectivity index (χ2v) is 12.1. The van der Waals surface area contributed by atoms with Crippen molar-refractivity contribution >= 4 is 21.8 Å². The molecule has 4 rings (SSSR count). The molecule has 2 amide bonds. The highest BCUT2D eigenvalue weighted by Crippen LogP contribution is 2.23. The standard InChI is InChI=1S/C30H39N3O4S/c1-23(30(35)31-21-20-24-8-4-2-5-9-24)33(22-26-10-6-3-7-11-26)29(34)19-14-25-12-17-28(18-13-25)38(36,37)32-27-15-16-27/h3,6-8,10-13,17-18,23,27,32H,2,4-5,9,14-16,19-22H2,1H3,(H,31,35). The van der Waals surface area contributed by atoms with Crippen molar-refractivity contribution < 1.29 is 18.0 Å². The summed E-state index contributed by atoms with van der Waals surface area (Å²) in [5.74, 6) is -0.262. The highest BCUT2D eigenvalue weighted by Gasteiger charge is 2.28. The van der Waals surface area contributed by atoms with Gasteiger partial charge in [0.25, 0.3) is 0 Å². The second-order valence-electron chi connectivity index (χ2n) is 10.4. The van der Waals surface area contributed by atoms with Crippen LogP contribution in [0.5, 0.6) is 0 Å². The van der Waals surface area contributed by atoms with Gasteiger partial charge >= 0.3 is 0 Å². The minimum atomic E-state index is -3.50. The molecule has 2 aromatic carbocycles. The van der Waals surface area contributed by atoms with E-state index < -0.39 is 16.1 Å². The molecule has 1 fully saturated rings. The van der Waals surface area contributed by atoms with Crippen LogP contribution in [0, 0.1) is 0 Å². The van der Waals surface area contributed by atoms with E-state index in [0.717, 1.165) is 43.2 Å². The minimum Gasteiger partial charge on any atom is -0.354 e. The summed E-state index contributed by atoms with van der Waals surface area (Å²) in [6, 6.07) is 15.8. The van der Waals surface area contributed by atoms with Gasteiger partial charge in [0.05, 0.1) is 4.90 Å². The van der Waals surface area contributed by atoms with E-state index in [1.165, 1.54) is 18.4 Å². The fourth-order valence-electron chi connectivity index (χ4n) is 4.71. The van der Waals surface area contributed by atoms with Crippen molar-refractivity contribution in [1.29, 1.82) is 0 Å². The number of rotatable bonds is 13. The number of nitrogens with one attached hydrogen (secondary N) is 2. The monoisotopic (exact) mass is 537 g/mol. The van der Waals surface area contributed by atoms with E-state index in [9.17, 15) is 18.0 Å². The molecule has 1 atom stereocenters. The lowest BCUT2D eigenvalue weighted by molar-refractivity contribution is -0.140. The molecular formula is C30H39N3O4S. The molecule has 2 aromatic rings. The summed E-state index contributed by atoms with van der Waals surface area (Å²) >= 11 is 0. The molecule has 0 spiro atoms. The number of amides is 2. The average Bonchev–Trinajstić information content (AvgIpc) is 3.74. The highest BCUT2D eigenvalue weighted by atomic mass is 32.2. The Kier molecular flexibility index (Phi) is 9.74. The third-order valence-electron chi connectivity index (χ3n) is 7.25. The van der Waals surface area contributed by atoms with Gasteiger partial charge in [-0.15, -0.1) is 0 Å². The fraction of sp³-hybridized carbons (Fsp3) is 0.467. The van der Waals surface area contributed by atoms with Gasteiger partial charge < -0.3 is 10.2 Å². The predicted molar refractivity (Wildman–Crippen MR) is 149 cm³/mol.